The minimum absolute atomic E-state index is 0.442. The number of hydrogen-bond acceptors (Lipinski definition) is 0. The molecular weight excluding hydrogens is 192 g/mol. The summed E-state index contributed by atoms with van der Waals surface area (Å²) in [5.41, 5.74) is 3.53. The molecule has 0 nitrogen and oxygen atoms in total. The highest BCUT2D eigenvalue weighted by molar-refractivity contribution is 5.28. The lowest BCUT2D eigenvalue weighted by atomic mass is 9.74. The van der Waals surface area contributed by atoms with Crippen molar-refractivity contribution in [1.82, 2.24) is 0 Å². The van der Waals surface area contributed by atoms with Crippen molar-refractivity contribution >= 4 is 0 Å². The second kappa shape index (κ2) is 4.86. The third-order valence-corrected chi connectivity index (χ3v) is 4.06. The molecular formula is C16H22. The summed E-state index contributed by atoms with van der Waals surface area (Å²) in [6.45, 7) is 4.42. The first-order chi connectivity index (χ1) is 7.77. The Morgan fingerprint density at radius 2 is 1.81 bits per heavy atom. The molecule has 0 heteroatoms. The minimum Gasteiger partial charge on any atom is -0.0887 e. The summed E-state index contributed by atoms with van der Waals surface area (Å²) in [5, 5.41) is 0. The molecule has 1 saturated carbocycles. The Morgan fingerprint density at radius 3 is 2.38 bits per heavy atom. The molecule has 0 heterocycles. The molecule has 1 aromatic carbocycles. The van der Waals surface area contributed by atoms with Gasteiger partial charge in [-0.25, -0.2) is 0 Å². The lowest BCUT2D eigenvalue weighted by Gasteiger charge is -2.30. The van der Waals surface area contributed by atoms with Crippen molar-refractivity contribution in [2.45, 2.75) is 51.4 Å². The highest BCUT2D eigenvalue weighted by Gasteiger charge is 2.35. The average molecular weight is 214 g/mol. The highest BCUT2D eigenvalue weighted by atomic mass is 14.4. The third kappa shape index (κ3) is 2.21. The zero-order chi connectivity index (χ0) is 11.4. The largest absolute Gasteiger partial charge is 0.0887 e. The van der Waals surface area contributed by atoms with E-state index in [4.69, 9.17) is 0 Å². The molecule has 2 rings (SSSR count). The summed E-state index contributed by atoms with van der Waals surface area (Å²) in [7, 11) is 0. The fraction of sp³-hybridized carbons (Fsp3) is 0.500. The Hall–Kier alpha value is -1.04. The molecule has 0 amide bonds. The quantitative estimate of drug-likeness (QED) is 0.631. The first-order valence-corrected chi connectivity index (χ1v) is 6.44. The molecule has 0 N–H and O–H groups in total. The molecule has 1 aliphatic carbocycles. The van der Waals surface area contributed by atoms with Crippen LogP contribution in [0.3, 0.4) is 0 Å². The van der Waals surface area contributed by atoms with Crippen LogP contribution in [-0.2, 0) is 5.41 Å². The van der Waals surface area contributed by atoms with Gasteiger partial charge in [-0.1, -0.05) is 54.8 Å². The van der Waals surface area contributed by atoms with Gasteiger partial charge < -0.3 is 0 Å². The molecule has 0 spiro atoms. The molecule has 0 aliphatic heterocycles. The van der Waals surface area contributed by atoms with Crippen molar-refractivity contribution in [3.05, 3.63) is 47.5 Å². The van der Waals surface area contributed by atoms with E-state index in [0.29, 0.717) is 5.41 Å². The predicted octanol–water partition coefficient (Wildman–Crippen LogP) is 4.85. The van der Waals surface area contributed by atoms with Gasteiger partial charge in [0.25, 0.3) is 0 Å². The van der Waals surface area contributed by atoms with Crippen LogP contribution in [0.25, 0.3) is 0 Å². The van der Waals surface area contributed by atoms with Gasteiger partial charge >= 0.3 is 0 Å². The predicted molar refractivity (Wildman–Crippen MR) is 70.6 cm³/mol. The summed E-state index contributed by atoms with van der Waals surface area (Å²) in [6.07, 6.45) is 9.03. The Bertz CT molecular complexity index is 353. The van der Waals surface area contributed by atoms with Gasteiger partial charge in [0.15, 0.2) is 0 Å². The average Bonchev–Trinajstić information content (AvgIpc) is 2.80. The smallest absolute Gasteiger partial charge is 0.000999 e. The van der Waals surface area contributed by atoms with E-state index in [-0.39, 0.29) is 0 Å². The summed E-state index contributed by atoms with van der Waals surface area (Å²) in [4.78, 5) is 0. The number of allylic oxidation sites excluding steroid dienone is 2. The van der Waals surface area contributed by atoms with Gasteiger partial charge in [0.2, 0.25) is 0 Å². The summed E-state index contributed by atoms with van der Waals surface area (Å²) >= 11 is 0. The monoisotopic (exact) mass is 214 g/mol. The Labute approximate surface area is 99.4 Å². The fourth-order valence-corrected chi connectivity index (χ4v) is 3.05. The Morgan fingerprint density at radius 1 is 1.19 bits per heavy atom. The van der Waals surface area contributed by atoms with Crippen LogP contribution >= 0.6 is 0 Å². The van der Waals surface area contributed by atoms with E-state index in [0.717, 1.165) is 0 Å². The molecule has 0 aromatic heterocycles. The van der Waals surface area contributed by atoms with Crippen LogP contribution < -0.4 is 0 Å². The van der Waals surface area contributed by atoms with Gasteiger partial charge in [0, 0.05) is 0 Å². The van der Waals surface area contributed by atoms with Crippen molar-refractivity contribution in [3.63, 3.8) is 0 Å². The van der Waals surface area contributed by atoms with E-state index < -0.39 is 0 Å². The molecule has 1 aliphatic rings. The zero-order valence-electron chi connectivity index (χ0n) is 10.5. The van der Waals surface area contributed by atoms with Crippen molar-refractivity contribution in [2.75, 3.05) is 0 Å². The third-order valence-electron chi connectivity index (χ3n) is 4.06. The second-order valence-corrected chi connectivity index (χ2v) is 5.17. The fourth-order valence-electron chi connectivity index (χ4n) is 3.05. The minimum atomic E-state index is 0.442. The summed E-state index contributed by atoms with van der Waals surface area (Å²) < 4.78 is 0. The van der Waals surface area contributed by atoms with E-state index in [1.165, 1.54) is 37.7 Å². The molecule has 0 bridgehead atoms. The van der Waals surface area contributed by atoms with E-state index in [9.17, 15) is 0 Å². The molecule has 1 aromatic rings. The van der Waals surface area contributed by atoms with Crippen molar-refractivity contribution in [2.24, 2.45) is 0 Å². The Balaban J connectivity index is 2.29. The zero-order valence-corrected chi connectivity index (χ0v) is 10.5. The van der Waals surface area contributed by atoms with Gasteiger partial charge in [0.05, 0.1) is 0 Å². The van der Waals surface area contributed by atoms with Crippen LogP contribution in [0, 0.1) is 0 Å². The van der Waals surface area contributed by atoms with Crippen molar-refractivity contribution in [3.8, 4) is 0 Å². The lowest BCUT2D eigenvalue weighted by Crippen LogP contribution is -2.22. The Kier molecular flexibility index (Phi) is 3.48. The van der Waals surface area contributed by atoms with E-state index in [1.807, 2.05) is 0 Å². The van der Waals surface area contributed by atoms with Crippen LogP contribution in [0.2, 0.25) is 0 Å². The van der Waals surface area contributed by atoms with Crippen LogP contribution in [0.5, 0.6) is 0 Å². The van der Waals surface area contributed by atoms with Gasteiger partial charge in [-0.3, -0.25) is 0 Å². The number of benzene rings is 1. The van der Waals surface area contributed by atoms with Crippen LogP contribution in [-0.4, -0.2) is 0 Å². The highest BCUT2D eigenvalue weighted by Crippen LogP contribution is 2.45. The number of rotatable bonds is 3. The van der Waals surface area contributed by atoms with E-state index in [2.05, 4.69) is 50.3 Å². The summed E-state index contributed by atoms with van der Waals surface area (Å²) in [5.74, 6) is 0. The molecule has 86 valence electrons. The first kappa shape index (κ1) is 11.4. The van der Waals surface area contributed by atoms with E-state index >= 15 is 0 Å². The standard InChI is InChI=1S/C16H22/c1-3-14(2)13-16(11-7-8-12-16)15-9-5-4-6-10-15/h3-6,9-10H,7-8,11-13H2,1-2H3/b14-3-. The maximum atomic E-state index is 2.31. The molecule has 0 atom stereocenters. The second-order valence-electron chi connectivity index (χ2n) is 5.17. The normalized spacial score (nSPS) is 20.0. The summed E-state index contributed by atoms with van der Waals surface area (Å²) in [6, 6.07) is 11.1. The molecule has 16 heavy (non-hydrogen) atoms. The molecule has 1 fully saturated rings. The lowest BCUT2D eigenvalue weighted by molar-refractivity contribution is 0.436. The first-order valence-electron chi connectivity index (χ1n) is 6.44. The van der Waals surface area contributed by atoms with Crippen LogP contribution in [0.1, 0.15) is 51.5 Å². The van der Waals surface area contributed by atoms with Gasteiger partial charge in [0.1, 0.15) is 0 Å². The van der Waals surface area contributed by atoms with Crippen LogP contribution in [0.15, 0.2) is 42.0 Å². The van der Waals surface area contributed by atoms with Crippen molar-refractivity contribution in [1.29, 1.82) is 0 Å². The van der Waals surface area contributed by atoms with Gasteiger partial charge in [-0.15, -0.1) is 0 Å². The van der Waals surface area contributed by atoms with Gasteiger partial charge in [-0.2, -0.15) is 0 Å². The molecule has 0 unspecified atom stereocenters. The van der Waals surface area contributed by atoms with Crippen LogP contribution in [0.4, 0.5) is 0 Å². The molecule has 0 saturated heterocycles. The number of hydrogen-bond donors (Lipinski definition) is 0. The SMILES string of the molecule is C/C=C(/C)CC1(c2ccccc2)CCCC1. The maximum absolute atomic E-state index is 2.31. The topological polar surface area (TPSA) is 0 Å². The van der Waals surface area contributed by atoms with E-state index in [1.54, 1.807) is 5.56 Å². The molecule has 0 radical (unpaired) electrons. The maximum Gasteiger partial charge on any atom is -0.000999 e. The van der Waals surface area contributed by atoms with Gasteiger partial charge in [-0.05, 0) is 44.1 Å². The van der Waals surface area contributed by atoms with Crippen molar-refractivity contribution < 1.29 is 0 Å².